The summed E-state index contributed by atoms with van der Waals surface area (Å²) in [5, 5.41) is 0. The Labute approximate surface area is 553 Å². The molecule has 3 aliphatic rings. The van der Waals surface area contributed by atoms with Crippen LogP contribution in [0.2, 0.25) is 0 Å². The van der Waals surface area contributed by atoms with Gasteiger partial charge in [0.05, 0.1) is 5.69 Å². The summed E-state index contributed by atoms with van der Waals surface area (Å²) >= 11 is 0. The van der Waals surface area contributed by atoms with Crippen LogP contribution in [0.25, 0.3) is 78.0 Å². The molecule has 478 valence electrons. The molecule has 3 aliphatic carbocycles. The maximum absolute atomic E-state index is 4.96. The maximum Gasteiger partial charge on any atom is 0.0708 e. The first-order valence-corrected chi connectivity index (χ1v) is 37.4. The van der Waals surface area contributed by atoms with Gasteiger partial charge >= 0.3 is 0 Å². The summed E-state index contributed by atoms with van der Waals surface area (Å²) in [6.07, 6.45) is 40.1. The van der Waals surface area contributed by atoms with Gasteiger partial charge < -0.3 is 0 Å². The molecule has 0 aliphatic heterocycles. The van der Waals surface area contributed by atoms with Gasteiger partial charge in [0.25, 0.3) is 0 Å². The fourth-order valence-corrected chi connectivity index (χ4v) is 17.4. The second kappa shape index (κ2) is 30.2. The van der Waals surface area contributed by atoms with E-state index in [9.17, 15) is 0 Å². The van der Waals surface area contributed by atoms with E-state index < -0.39 is 0 Å². The Bertz CT molecular complexity index is 3650. The van der Waals surface area contributed by atoms with E-state index in [-0.39, 0.29) is 21.7 Å². The number of nitrogens with zero attached hydrogens (tertiary/aromatic N) is 1. The molecule has 0 unspecified atom stereocenters. The second-order valence-electron chi connectivity index (χ2n) is 29.7. The van der Waals surface area contributed by atoms with Crippen LogP contribution >= 0.6 is 0 Å². The van der Waals surface area contributed by atoms with E-state index >= 15 is 0 Å². The standard InChI is InChI=1S/C90H113N/c1-10-16-22-30-53-88(54-31-23-17-11-2)80-37-29-28-36-74(80)75-47-40-67(60-81(75)88)68-41-48-76-77-49-42-69(62-83(77)89(82(76)61-68,55-32-24-18-12-3)56-33-25-19-13-4)70-43-50-78-79-51-44-71(72-52-59-91-86(65-72)66-38-45-73(46-39-66)87(7,8)9)64-85(79)90(84(78)63-70,57-34-26-20-14-5)58-35-27-21-15-6/h28-29,36-52,59-65H,10-27,30-35,53-58H2,1-9H3. The normalized spacial score (nSPS) is 14.5. The second-order valence-corrected chi connectivity index (χ2v) is 29.7. The van der Waals surface area contributed by atoms with Gasteiger partial charge in [-0.3, -0.25) is 4.98 Å². The molecule has 1 heterocycles. The minimum atomic E-state index is -0.0629. The van der Waals surface area contributed by atoms with Crippen LogP contribution < -0.4 is 0 Å². The Kier molecular flexibility index (Phi) is 21.9. The molecule has 0 radical (unpaired) electrons. The van der Waals surface area contributed by atoms with Crippen molar-refractivity contribution >= 4 is 0 Å². The predicted octanol–water partition coefficient (Wildman–Crippen LogP) is 27.7. The molecule has 0 saturated heterocycles. The Balaban J connectivity index is 1.01. The molecule has 0 fully saturated rings. The molecule has 8 aromatic rings. The van der Waals surface area contributed by atoms with Crippen molar-refractivity contribution in [2.75, 3.05) is 0 Å². The van der Waals surface area contributed by atoms with Crippen LogP contribution in [0.15, 0.2) is 158 Å². The topological polar surface area (TPSA) is 12.9 Å². The van der Waals surface area contributed by atoms with Crippen molar-refractivity contribution in [3.8, 4) is 78.0 Å². The number of rotatable bonds is 34. The lowest BCUT2D eigenvalue weighted by Gasteiger charge is -2.34. The average molecular weight is 1210 g/mol. The van der Waals surface area contributed by atoms with Gasteiger partial charge in [0.1, 0.15) is 0 Å². The highest BCUT2D eigenvalue weighted by Crippen LogP contribution is 2.60. The molecule has 0 spiro atoms. The van der Waals surface area contributed by atoms with E-state index in [0.717, 1.165) is 5.69 Å². The molecule has 0 saturated carbocycles. The minimum absolute atomic E-state index is 0.0537. The molecule has 1 aromatic heterocycles. The zero-order valence-corrected chi connectivity index (χ0v) is 58.2. The lowest BCUT2D eigenvalue weighted by molar-refractivity contribution is 0.400. The fraction of sp³-hybridized carbons (Fsp3) is 0.478. The van der Waals surface area contributed by atoms with E-state index in [0.29, 0.717) is 0 Å². The van der Waals surface area contributed by atoms with Crippen LogP contribution in [0.3, 0.4) is 0 Å². The SMILES string of the molecule is CCCCCCC1(CCCCCC)c2ccccc2-c2ccc(-c3ccc4c(c3)C(CCCCCC)(CCCCCC)c3cc(-c5ccc6c(c5)C(CCCCCC)(CCCCCC)c5cc(-c7ccnc(-c8ccc(C(C)(C)C)cc8)c7)ccc5-6)ccc3-4)cc21. The summed E-state index contributed by atoms with van der Waals surface area (Å²) in [6, 6.07) is 61.9. The molecular formula is C90H113N. The number of unbranched alkanes of at least 4 members (excludes halogenated alkanes) is 18. The van der Waals surface area contributed by atoms with Crippen LogP contribution in [0.1, 0.15) is 294 Å². The summed E-state index contributed by atoms with van der Waals surface area (Å²) in [4.78, 5) is 4.96. The van der Waals surface area contributed by atoms with E-state index in [1.807, 2.05) is 6.20 Å². The number of pyridine rings is 1. The number of benzene rings is 7. The highest BCUT2D eigenvalue weighted by atomic mass is 14.7. The summed E-state index contributed by atoms with van der Waals surface area (Å²) in [5.74, 6) is 0. The van der Waals surface area contributed by atoms with Gasteiger partial charge in [0.2, 0.25) is 0 Å². The fourth-order valence-electron chi connectivity index (χ4n) is 17.4. The Morgan fingerprint density at radius 3 is 0.846 bits per heavy atom. The first kappa shape index (κ1) is 66.2. The summed E-state index contributed by atoms with van der Waals surface area (Å²) in [7, 11) is 0. The van der Waals surface area contributed by atoms with Gasteiger partial charge in [-0.15, -0.1) is 0 Å². The third kappa shape index (κ3) is 13.7. The molecule has 0 N–H and O–H groups in total. The van der Waals surface area contributed by atoms with Crippen LogP contribution in [0.4, 0.5) is 0 Å². The van der Waals surface area contributed by atoms with Crippen molar-refractivity contribution < 1.29 is 0 Å². The van der Waals surface area contributed by atoms with E-state index in [1.165, 1.54) is 271 Å². The predicted molar refractivity (Wildman–Crippen MR) is 396 cm³/mol. The van der Waals surface area contributed by atoms with E-state index in [4.69, 9.17) is 4.98 Å². The number of aromatic nitrogens is 1. The van der Waals surface area contributed by atoms with Crippen LogP contribution in [-0.4, -0.2) is 4.98 Å². The zero-order chi connectivity index (χ0) is 63.4. The zero-order valence-electron chi connectivity index (χ0n) is 58.2. The summed E-state index contributed by atoms with van der Waals surface area (Å²) in [5.41, 5.74) is 30.0. The highest BCUT2D eigenvalue weighted by molar-refractivity contribution is 5.90. The van der Waals surface area contributed by atoms with Crippen LogP contribution in [-0.2, 0) is 21.7 Å². The van der Waals surface area contributed by atoms with Gasteiger partial charge in [-0.2, -0.15) is 0 Å². The van der Waals surface area contributed by atoms with Gasteiger partial charge in [-0.1, -0.05) is 326 Å². The first-order chi connectivity index (χ1) is 44.5. The van der Waals surface area contributed by atoms with Crippen molar-refractivity contribution in [3.05, 3.63) is 197 Å². The van der Waals surface area contributed by atoms with Gasteiger partial charge in [-0.05, 0) is 192 Å². The first-order valence-electron chi connectivity index (χ1n) is 37.4. The number of hydrogen-bond donors (Lipinski definition) is 0. The van der Waals surface area contributed by atoms with Gasteiger partial charge in [0, 0.05) is 28.0 Å². The maximum atomic E-state index is 4.96. The lowest BCUT2D eigenvalue weighted by atomic mass is 9.69. The van der Waals surface area contributed by atoms with E-state index in [2.05, 4.69) is 214 Å². The molecule has 0 atom stereocenters. The summed E-state index contributed by atoms with van der Waals surface area (Å²) in [6.45, 7) is 21.1. The Morgan fingerprint density at radius 2 is 0.538 bits per heavy atom. The molecule has 1 nitrogen and oxygen atoms in total. The lowest BCUT2D eigenvalue weighted by Crippen LogP contribution is -2.26. The quantitative estimate of drug-likeness (QED) is 0.0366. The van der Waals surface area contributed by atoms with Crippen LogP contribution in [0.5, 0.6) is 0 Å². The molecular weight excluding hydrogens is 1090 g/mol. The molecule has 91 heavy (non-hydrogen) atoms. The van der Waals surface area contributed by atoms with E-state index in [1.54, 1.807) is 33.4 Å². The number of hydrogen-bond acceptors (Lipinski definition) is 1. The van der Waals surface area contributed by atoms with Gasteiger partial charge in [0.15, 0.2) is 0 Å². The smallest absolute Gasteiger partial charge is 0.0708 e. The van der Waals surface area contributed by atoms with Crippen molar-refractivity contribution in [1.29, 1.82) is 0 Å². The van der Waals surface area contributed by atoms with Crippen LogP contribution in [0, 0.1) is 0 Å². The molecule has 7 aromatic carbocycles. The molecule has 0 bridgehead atoms. The highest BCUT2D eigenvalue weighted by Gasteiger charge is 2.46. The average Bonchev–Trinajstić information content (AvgIpc) is 1.58. The van der Waals surface area contributed by atoms with Crippen molar-refractivity contribution in [2.24, 2.45) is 0 Å². The molecule has 11 rings (SSSR count). The number of fused-ring (bicyclic) bond motifs is 9. The molecule has 0 amide bonds. The van der Waals surface area contributed by atoms with Gasteiger partial charge in [-0.25, -0.2) is 0 Å². The Morgan fingerprint density at radius 1 is 0.264 bits per heavy atom. The Hall–Kier alpha value is -6.31. The third-order valence-corrected chi connectivity index (χ3v) is 22.5. The minimum Gasteiger partial charge on any atom is -0.256 e. The molecule has 1 heteroatoms. The monoisotopic (exact) mass is 1210 g/mol. The third-order valence-electron chi connectivity index (χ3n) is 22.5. The van der Waals surface area contributed by atoms with Crippen molar-refractivity contribution in [1.82, 2.24) is 4.98 Å². The largest absolute Gasteiger partial charge is 0.256 e. The van der Waals surface area contributed by atoms with Crippen molar-refractivity contribution in [3.63, 3.8) is 0 Å². The van der Waals surface area contributed by atoms with Crippen molar-refractivity contribution in [2.45, 2.75) is 277 Å². The summed E-state index contributed by atoms with van der Waals surface area (Å²) < 4.78 is 0.